The summed E-state index contributed by atoms with van der Waals surface area (Å²) < 4.78 is 4.85. The zero-order valence-corrected chi connectivity index (χ0v) is 8.25. The molecule has 0 aromatic rings. The van der Waals surface area contributed by atoms with Crippen LogP contribution in [0.3, 0.4) is 0 Å². The van der Waals surface area contributed by atoms with E-state index < -0.39 is 23.7 Å². The molecular formula is C8H15NO4. The minimum atomic E-state index is -1.09. The first kappa shape index (κ1) is 11.7. The fraction of sp³-hybridized carbons (Fsp3) is 0.750. The third-order valence-electron chi connectivity index (χ3n) is 1.10. The molecule has 0 spiro atoms. The maximum Gasteiger partial charge on any atom is 0.408 e. The van der Waals surface area contributed by atoms with Gasteiger partial charge in [0.2, 0.25) is 0 Å². The molecule has 0 rings (SSSR count). The fourth-order valence-electron chi connectivity index (χ4n) is 0.546. The summed E-state index contributed by atoms with van der Waals surface area (Å²) in [5, 5.41) is 10.6. The fourth-order valence-corrected chi connectivity index (χ4v) is 0.546. The lowest BCUT2D eigenvalue weighted by Gasteiger charge is -2.20. The van der Waals surface area contributed by atoms with Gasteiger partial charge < -0.3 is 15.2 Å². The van der Waals surface area contributed by atoms with E-state index >= 15 is 0 Å². The average Bonchev–Trinajstić information content (AvgIpc) is 1.81. The van der Waals surface area contributed by atoms with Gasteiger partial charge in [-0.3, -0.25) is 4.79 Å². The number of amides is 1. The number of nitrogens with one attached hydrogen (secondary N) is 1. The Morgan fingerprint density at radius 1 is 1.38 bits per heavy atom. The molecule has 0 aromatic carbocycles. The van der Waals surface area contributed by atoms with E-state index in [9.17, 15) is 9.59 Å². The van der Waals surface area contributed by atoms with Crippen molar-refractivity contribution in [1.82, 2.24) is 5.32 Å². The Labute approximate surface area is 77.1 Å². The Hall–Kier alpha value is -1.26. The molecular weight excluding hydrogens is 175 g/mol. The van der Waals surface area contributed by atoms with Crippen LogP contribution in [0.5, 0.6) is 0 Å². The summed E-state index contributed by atoms with van der Waals surface area (Å²) in [7, 11) is 0. The van der Waals surface area contributed by atoms with Crippen LogP contribution in [-0.2, 0) is 9.53 Å². The largest absolute Gasteiger partial charge is 0.480 e. The Kier molecular flexibility index (Phi) is 3.71. The first-order valence-electron chi connectivity index (χ1n) is 3.94. The van der Waals surface area contributed by atoms with Crippen LogP contribution < -0.4 is 5.32 Å². The second-order valence-corrected chi connectivity index (χ2v) is 3.71. The van der Waals surface area contributed by atoms with Crippen molar-refractivity contribution in [3.63, 3.8) is 0 Å². The first-order valence-corrected chi connectivity index (χ1v) is 3.94. The van der Waals surface area contributed by atoms with Crippen molar-refractivity contribution < 1.29 is 19.4 Å². The number of aliphatic carboxylic acids is 1. The molecule has 0 heterocycles. The van der Waals surface area contributed by atoms with Crippen molar-refractivity contribution in [1.29, 1.82) is 0 Å². The van der Waals surface area contributed by atoms with Crippen molar-refractivity contribution in [2.24, 2.45) is 0 Å². The van der Waals surface area contributed by atoms with Crippen LogP contribution in [0.25, 0.3) is 0 Å². The van der Waals surface area contributed by atoms with Crippen LogP contribution in [0, 0.1) is 0 Å². The van der Waals surface area contributed by atoms with E-state index in [0.717, 1.165) is 0 Å². The molecule has 5 nitrogen and oxygen atoms in total. The molecule has 1 atom stereocenters. The lowest BCUT2D eigenvalue weighted by atomic mass is 10.2. The number of carbonyl (C=O) groups is 2. The molecule has 76 valence electrons. The summed E-state index contributed by atoms with van der Waals surface area (Å²) in [6.45, 7) is 6.49. The Morgan fingerprint density at radius 3 is 2.15 bits per heavy atom. The molecule has 13 heavy (non-hydrogen) atoms. The monoisotopic (exact) mass is 190 g/mol. The zero-order valence-electron chi connectivity index (χ0n) is 8.25. The smallest absolute Gasteiger partial charge is 0.408 e. The molecule has 0 aliphatic rings. The van der Waals surface area contributed by atoms with Crippen molar-refractivity contribution in [3.05, 3.63) is 0 Å². The Balaban J connectivity index is 3.96. The molecule has 0 aromatic heterocycles. The van der Waals surface area contributed by atoms with Gasteiger partial charge in [-0.1, -0.05) is 0 Å². The SMILES string of the molecule is CC(C)(C)OC(=O)N[C@H]([13CH3])C(=O)O. The summed E-state index contributed by atoms with van der Waals surface area (Å²) in [6.07, 6.45) is -0.720. The van der Waals surface area contributed by atoms with Gasteiger partial charge in [0.25, 0.3) is 0 Å². The molecule has 0 unspecified atom stereocenters. The summed E-state index contributed by atoms with van der Waals surface area (Å²) in [5.41, 5.74) is -0.609. The quantitative estimate of drug-likeness (QED) is 0.636. The number of carboxylic acids is 1. The van der Waals surface area contributed by atoms with Gasteiger partial charge in [0.15, 0.2) is 0 Å². The Morgan fingerprint density at radius 2 is 1.85 bits per heavy atom. The average molecular weight is 190 g/mol. The van der Waals surface area contributed by atoms with Crippen LogP contribution >= 0.6 is 0 Å². The molecule has 0 radical (unpaired) electrons. The van der Waals surface area contributed by atoms with Gasteiger partial charge >= 0.3 is 12.1 Å². The second-order valence-electron chi connectivity index (χ2n) is 3.71. The highest BCUT2D eigenvalue weighted by Crippen LogP contribution is 2.06. The summed E-state index contributed by atoms with van der Waals surface area (Å²) in [5.74, 6) is -1.09. The highest BCUT2D eigenvalue weighted by atomic mass is 16.6. The minimum Gasteiger partial charge on any atom is -0.480 e. The molecule has 0 saturated carbocycles. The normalized spacial score (nSPS) is 13.2. The van der Waals surface area contributed by atoms with Crippen LogP contribution in [0.15, 0.2) is 0 Å². The zero-order chi connectivity index (χ0) is 10.6. The lowest BCUT2D eigenvalue weighted by molar-refractivity contribution is -0.139. The molecule has 1 amide bonds. The van der Waals surface area contributed by atoms with E-state index in [2.05, 4.69) is 5.32 Å². The lowest BCUT2D eigenvalue weighted by Crippen LogP contribution is -2.41. The van der Waals surface area contributed by atoms with Gasteiger partial charge in [-0.15, -0.1) is 0 Å². The Bertz CT molecular complexity index is 207. The van der Waals surface area contributed by atoms with Gasteiger partial charge in [0.05, 0.1) is 0 Å². The van der Waals surface area contributed by atoms with Gasteiger partial charge in [-0.25, -0.2) is 4.79 Å². The van der Waals surface area contributed by atoms with Gasteiger partial charge in [0.1, 0.15) is 11.6 Å². The van der Waals surface area contributed by atoms with Crippen LogP contribution in [0.1, 0.15) is 27.7 Å². The number of rotatable bonds is 2. The van der Waals surface area contributed by atoms with Crippen LogP contribution in [0.2, 0.25) is 0 Å². The van der Waals surface area contributed by atoms with E-state index in [4.69, 9.17) is 9.84 Å². The van der Waals surface area contributed by atoms with Gasteiger partial charge in [-0.05, 0) is 27.7 Å². The van der Waals surface area contributed by atoms with E-state index in [1.54, 1.807) is 20.8 Å². The number of hydrogen-bond acceptors (Lipinski definition) is 3. The number of carboxylic acid groups (broad SMARTS) is 1. The van der Waals surface area contributed by atoms with Crippen LogP contribution in [-0.4, -0.2) is 28.8 Å². The molecule has 0 aliphatic heterocycles. The van der Waals surface area contributed by atoms with Crippen molar-refractivity contribution in [2.75, 3.05) is 0 Å². The molecule has 5 heteroatoms. The van der Waals surface area contributed by atoms with Crippen molar-refractivity contribution in [2.45, 2.75) is 39.3 Å². The number of ether oxygens (including phenoxy) is 1. The van der Waals surface area contributed by atoms with Gasteiger partial charge in [0, 0.05) is 0 Å². The number of carbonyl (C=O) groups excluding carboxylic acids is 1. The first-order chi connectivity index (χ1) is 5.72. The summed E-state index contributed by atoms with van der Waals surface area (Å²) in [6, 6.07) is -0.935. The topological polar surface area (TPSA) is 75.6 Å². The predicted molar refractivity (Wildman–Crippen MR) is 46.5 cm³/mol. The molecule has 0 bridgehead atoms. The van der Waals surface area contributed by atoms with Crippen molar-refractivity contribution >= 4 is 12.1 Å². The van der Waals surface area contributed by atoms with E-state index in [1.165, 1.54) is 6.92 Å². The standard InChI is InChI=1S/C8H15NO4/c1-5(6(10)11)9-7(12)13-8(2,3)4/h5H,1-4H3,(H,9,12)(H,10,11)/t5-/m1/s1/i1+1. The van der Waals surface area contributed by atoms with Crippen molar-refractivity contribution in [3.8, 4) is 0 Å². The highest BCUT2D eigenvalue weighted by Gasteiger charge is 2.20. The maximum absolute atomic E-state index is 11.0. The van der Waals surface area contributed by atoms with E-state index in [1.807, 2.05) is 0 Å². The summed E-state index contributed by atoms with van der Waals surface area (Å²) >= 11 is 0. The molecule has 0 saturated heterocycles. The second kappa shape index (κ2) is 4.11. The van der Waals surface area contributed by atoms with E-state index in [-0.39, 0.29) is 0 Å². The highest BCUT2D eigenvalue weighted by molar-refractivity contribution is 5.79. The minimum absolute atomic E-state index is 0.609. The van der Waals surface area contributed by atoms with E-state index in [0.29, 0.717) is 0 Å². The third kappa shape index (κ3) is 5.95. The van der Waals surface area contributed by atoms with Crippen LogP contribution in [0.4, 0.5) is 4.79 Å². The third-order valence-corrected chi connectivity index (χ3v) is 1.10. The molecule has 0 aliphatic carbocycles. The summed E-state index contributed by atoms with van der Waals surface area (Å²) in [4.78, 5) is 21.3. The molecule has 2 N–H and O–H groups in total. The number of hydrogen-bond donors (Lipinski definition) is 2. The maximum atomic E-state index is 11.0. The van der Waals surface area contributed by atoms with Gasteiger partial charge in [-0.2, -0.15) is 0 Å². The molecule has 0 fully saturated rings. The predicted octanol–water partition coefficient (Wildman–Crippen LogP) is 0.984. The number of alkyl carbamates (subject to hydrolysis) is 1.